The summed E-state index contributed by atoms with van der Waals surface area (Å²) in [5.41, 5.74) is 7.47. The normalized spacial score (nSPS) is 12.9. The number of aromatic amines is 2. The van der Waals surface area contributed by atoms with Gasteiger partial charge in [0.1, 0.15) is 5.75 Å². The van der Waals surface area contributed by atoms with Gasteiger partial charge in [-0.1, -0.05) is 12.1 Å². The first kappa shape index (κ1) is 33.3. The first-order valence-electron chi connectivity index (χ1n) is 14.9. The highest BCUT2D eigenvalue weighted by molar-refractivity contribution is 7.52. The summed E-state index contributed by atoms with van der Waals surface area (Å²) in [6, 6.07) is 18.2. The maximum Gasteiger partial charge on any atom is 0.341 e. The van der Waals surface area contributed by atoms with E-state index >= 15 is 0 Å². The van der Waals surface area contributed by atoms with Crippen LogP contribution in [0.2, 0.25) is 0 Å². The van der Waals surface area contributed by atoms with Crippen molar-refractivity contribution in [2.24, 2.45) is 0 Å². The quantitative estimate of drug-likeness (QED) is 0.0781. The van der Waals surface area contributed by atoms with E-state index < -0.39 is 46.0 Å². The number of nitrogens with zero attached hydrogens (tertiary/aromatic N) is 2. The van der Waals surface area contributed by atoms with E-state index in [0.717, 1.165) is 22.2 Å². The van der Waals surface area contributed by atoms with Crippen LogP contribution >= 0.6 is 15.2 Å². The Morgan fingerprint density at radius 3 is 1.85 bits per heavy atom. The minimum absolute atomic E-state index is 0.0113. The van der Waals surface area contributed by atoms with Crippen LogP contribution in [0.15, 0.2) is 60.7 Å². The van der Waals surface area contributed by atoms with Gasteiger partial charge in [0.2, 0.25) is 0 Å². The number of hydrogen-bond acceptors (Lipinski definition) is 6. The molecule has 0 atom stereocenters. The summed E-state index contributed by atoms with van der Waals surface area (Å²) in [5, 5.41) is 8.95. The topological polar surface area (TPSA) is 219 Å². The molecule has 0 aliphatic carbocycles. The molecule has 7 N–H and O–H groups in total. The summed E-state index contributed by atoms with van der Waals surface area (Å²) >= 11 is 0. The number of benzene rings is 1. The summed E-state index contributed by atoms with van der Waals surface area (Å²) in [6.45, 7) is -0.450. The van der Waals surface area contributed by atoms with E-state index in [2.05, 4.69) is 9.97 Å². The Kier molecular flexibility index (Phi) is 9.35. The summed E-state index contributed by atoms with van der Waals surface area (Å²) in [7, 11) is -8.81. The highest BCUT2D eigenvalue weighted by Crippen LogP contribution is 2.44. The first-order valence-corrected chi connectivity index (χ1v) is 18.5. The Labute approximate surface area is 274 Å². The van der Waals surface area contributed by atoms with Crippen molar-refractivity contribution in [3.8, 4) is 16.9 Å². The number of H-pyrrole nitrogens is 2. The molecule has 15 heteroatoms. The largest absolute Gasteiger partial charge is 0.482 e. The number of ether oxygens (including phenoxy) is 1. The number of rotatable bonds is 11. The van der Waals surface area contributed by atoms with Crippen LogP contribution in [-0.2, 0) is 13.9 Å². The Bertz CT molecular complexity index is 2170. The Morgan fingerprint density at radius 1 is 0.729 bits per heavy atom. The second-order valence-corrected chi connectivity index (χ2v) is 15.1. The number of aliphatic carboxylic acids is 1. The highest BCUT2D eigenvalue weighted by atomic mass is 31.2. The lowest BCUT2D eigenvalue weighted by Gasteiger charge is -2.19. The molecule has 2 aliphatic heterocycles. The first-order chi connectivity index (χ1) is 22.8. The van der Waals surface area contributed by atoms with E-state index in [0.29, 0.717) is 45.1 Å². The molecular weight excluding hydrogens is 658 g/mol. The van der Waals surface area contributed by atoms with Crippen LogP contribution in [0.3, 0.4) is 0 Å². The number of hydrogen-bond donors (Lipinski definition) is 7. The van der Waals surface area contributed by atoms with Crippen molar-refractivity contribution in [1.82, 2.24) is 19.9 Å². The summed E-state index contributed by atoms with van der Waals surface area (Å²) in [5.74, 6) is -1.28. The molecule has 8 bridgehead atoms. The van der Waals surface area contributed by atoms with Gasteiger partial charge in [0, 0.05) is 33.2 Å². The van der Waals surface area contributed by atoms with Crippen LogP contribution in [0.25, 0.3) is 57.5 Å². The standard InChI is InChI=1S/C33H32N4O9P2/c38-31(39)19-46-26-7-1-20(2-8-26)32-27-9-3-22(34-27)17-24-5-11-29(36-24)33(21(13-15-47(40,41)42)14-16-48(43,44)45)30-12-6-25(37-30)18-23-4-10-28(32)35-23/h1-12,17-18,21,34,37H,13-16,19H2,(H,38,39)(H2,40,41,42)(H2,43,44,45). The second kappa shape index (κ2) is 13.5. The minimum atomic E-state index is -4.40. The lowest BCUT2D eigenvalue weighted by Crippen LogP contribution is -2.09. The third-order valence-corrected chi connectivity index (χ3v) is 9.57. The van der Waals surface area contributed by atoms with E-state index in [9.17, 15) is 33.5 Å². The lowest BCUT2D eigenvalue weighted by atomic mass is 9.92. The van der Waals surface area contributed by atoms with Gasteiger partial charge in [-0.2, -0.15) is 0 Å². The number of nitrogens with one attached hydrogen (secondary N) is 2. The monoisotopic (exact) mass is 690 g/mol. The molecule has 4 aromatic rings. The van der Waals surface area contributed by atoms with Gasteiger partial charge in [0.05, 0.1) is 35.1 Å². The van der Waals surface area contributed by atoms with Crippen molar-refractivity contribution in [1.29, 1.82) is 0 Å². The van der Waals surface area contributed by atoms with Crippen LogP contribution in [0.5, 0.6) is 5.75 Å². The van der Waals surface area contributed by atoms with Gasteiger partial charge >= 0.3 is 21.2 Å². The third-order valence-electron chi connectivity index (χ3n) is 7.89. The number of carboxylic acid groups (broad SMARTS) is 1. The zero-order valence-corrected chi connectivity index (χ0v) is 27.1. The van der Waals surface area contributed by atoms with Gasteiger partial charge in [-0.05, 0) is 97.2 Å². The molecule has 0 spiro atoms. The molecule has 3 aromatic heterocycles. The van der Waals surface area contributed by atoms with Gasteiger partial charge in [-0.25, -0.2) is 14.8 Å². The Balaban J connectivity index is 1.54. The van der Waals surface area contributed by atoms with E-state index in [4.69, 9.17) is 19.8 Å². The molecule has 0 fully saturated rings. The Hall–Kier alpha value is -4.61. The number of aromatic nitrogens is 4. The van der Waals surface area contributed by atoms with Crippen molar-refractivity contribution in [2.75, 3.05) is 18.9 Å². The van der Waals surface area contributed by atoms with Crippen LogP contribution in [0, 0.1) is 0 Å². The van der Waals surface area contributed by atoms with Gasteiger partial charge in [0.25, 0.3) is 0 Å². The molecule has 1 aromatic carbocycles. The molecule has 0 amide bonds. The molecule has 0 unspecified atom stereocenters. The van der Waals surface area contributed by atoms with E-state index in [1.165, 1.54) is 0 Å². The molecular formula is C33H32N4O9P2. The van der Waals surface area contributed by atoms with Crippen LogP contribution in [-0.4, -0.2) is 69.5 Å². The summed E-state index contributed by atoms with van der Waals surface area (Å²) in [6.07, 6.45) is 6.42. The average molecular weight is 691 g/mol. The lowest BCUT2D eigenvalue weighted by molar-refractivity contribution is -0.139. The summed E-state index contributed by atoms with van der Waals surface area (Å²) in [4.78, 5) is 66.0. The van der Waals surface area contributed by atoms with Crippen LogP contribution in [0.4, 0.5) is 0 Å². The van der Waals surface area contributed by atoms with Gasteiger partial charge in [-0.3, -0.25) is 9.13 Å². The van der Waals surface area contributed by atoms with E-state index in [1.54, 1.807) is 24.3 Å². The van der Waals surface area contributed by atoms with Crippen molar-refractivity contribution in [2.45, 2.75) is 18.8 Å². The van der Waals surface area contributed by atoms with E-state index in [-0.39, 0.29) is 12.8 Å². The highest BCUT2D eigenvalue weighted by Gasteiger charge is 2.26. The van der Waals surface area contributed by atoms with Crippen LogP contribution < -0.4 is 4.74 Å². The molecule has 0 saturated heterocycles. The fourth-order valence-electron chi connectivity index (χ4n) is 5.77. The maximum absolute atomic E-state index is 11.9. The SMILES string of the molecule is O=C(O)COc1ccc(-c2c3nc(cc4ccc([nH]4)c(C(CCP(=O)(O)O)CCP(=O)(O)O)c4nc(cc5ccc2[nH]5)C=C4)C=C3)cc1. The maximum atomic E-state index is 11.9. The third kappa shape index (κ3) is 8.26. The van der Waals surface area contributed by atoms with Gasteiger partial charge < -0.3 is 39.4 Å². The smallest absolute Gasteiger partial charge is 0.341 e. The van der Waals surface area contributed by atoms with Crippen molar-refractivity contribution in [3.63, 3.8) is 0 Å². The number of fused-ring (bicyclic) bond motifs is 8. The zero-order chi connectivity index (χ0) is 34.1. The molecule has 0 radical (unpaired) electrons. The predicted molar refractivity (Wildman–Crippen MR) is 183 cm³/mol. The fraction of sp³-hybridized carbons (Fsp3) is 0.182. The number of carboxylic acids is 1. The second-order valence-electron chi connectivity index (χ2n) is 11.5. The van der Waals surface area contributed by atoms with Gasteiger partial charge in [0.15, 0.2) is 6.61 Å². The van der Waals surface area contributed by atoms with Crippen molar-refractivity contribution in [3.05, 3.63) is 89.0 Å². The average Bonchev–Trinajstić information content (AvgIpc) is 3.83. The molecule has 48 heavy (non-hydrogen) atoms. The molecule has 13 nitrogen and oxygen atoms in total. The van der Waals surface area contributed by atoms with Crippen molar-refractivity contribution >= 4 is 67.5 Å². The Morgan fingerprint density at radius 2 is 1.27 bits per heavy atom. The summed E-state index contributed by atoms with van der Waals surface area (Å²) < 4.78 is 29.0. The van der Waals surface area contributed by atoms with E-state index in [1.807, 2.05) is 60.7 Å². The van der Waals surface area contributed by atoms with Crippen molar-refractivity contribution < 1.29 is 43.3 Å². The van der Waals surface area contributed by atoms with Gasteiger partial charge in [-0.15, -0.1) is 0 Å². The molecule has 248 valence electrons. The fourth-order valence-corrected chi connectivity index (χ4v) is 7.07. The number of carbonyl (C=O) groups is 1. The predicted octanol–water partition coefficient (Wildman–Crippen LogP) is 6.01. The zero-order valence-electron chi connectivity index (χ0n) is 25.4. The molecule has 6 rings (SSSR count). The van der Waals surface area contributed by atoms with Crippen LogP contribution in [0.1, 0.15) is 47.1 Å². The minimum Gasteiger partial charge on any atom is -0.482 e. The molecule has 0 saturated carbocycles. The molecule has 5 heterocycles. The molecule has 2 aliphatic rings.